The summed E-state index contributed by atoms with van der Waals surface area (Å²) in [7, 11) is 3.64. The van der Waals surface area contributed by atoms with Gasteiger partial charge >= 0.3 is 0 Å². The third-order valence-electron chi connectivity index (χ3n) is 3.88. The molecule has 0 saturated heterocycles. The first-order valence-corrected chi connectivity index (χ1v) is 7.15. The monoisotopic (exact) mass is 297 g/mol. The van der Waals surface area contributed by atoms with E-state index in [2.05, 4.69) is 10.1 Å². The Kier molecular flexibility index (Phi) is 3.44. The quantitative estimate of drug-likeness (QED) is 0.742. The molecule has 1 amide bonds. The summed E-state index contributed by atoms with van der Waals surface area (Å²) in [6.07, 6.45) is 3.89. The Morgan fingerprint density at radius 2 is 2.09 bits per heavy atom. The van der Waals surface area contributed by atoms with Crippen molar-refractivity contribution in [2.75, 3.05) is 7.05 Å². The van der Waals surface area contributed by atoms with Crippen LogP contribution < -0.4 is 0 Å². The van der Waals surface area contributed by atoms with Crippen molar-refractivity contribution in [3.05, 3.63) is 53.2 Å². The molecule has 0 aliphatic carbocycles. The van der Waals surface area contributed by atoms with E-state index in [0.717, 1.165) is 22.7 Å². The third-order valence-corrected chi connectivity index (χ3v) is 3.88. The molecule has 0 atom stereocenters. The van der Waals surface area contributed by atoms with Gasteiger partial charge in [-0.1, -0.05) is 6.07 Å². The Morgan fingerprint density at radius 1 is 1.32 bits per heavy atom. The molecule has 0 aromatic carbocycles. The Hall–Kier alpha value is -2.63. The van der Waals surface area contributed by atoms with E-state index in [0.29, 0.717) is 12.1 Å². The van der Waals surface area contributed by atoms with Crippen LogP contribution in [0.2, 0.25) is 0 Å². The van der Waals surface area contributed by atoms with E-state index >= 15 is 0 Å². The van der Waals surface area contributed by atoms with Crippen LogP contribution in [-0.4, -0.2) is 37.0 Å². The molecule has 0 fully saturated rings. The van der Waals surface area contributed by atoms with Crippen LogP contribution in [0.5, 0.6) is 0 Å². The van der Waals surface area contributed by atoms with Gasteiger partial charge in [-0.25, -0.2) is 4.98 Å². The van der Waals surface area contributed by atoms with Crippen molar-refractivity contribution >= 4 is 11.6 Å². The van der Waals surface area contributed by atoms with E-state index in [9.17, 15) is 4.79 Å². The summed E-state index contributed by atoms with van der Waals surface area (Å²) in [6.45, 7) is 4.24. The lowest BCUT2D eigenvalue weighted by molar-refractivity contribution is 0.0782. The SMILES string of the molecule is Cc1nn(C)c(C)c1C(=O)N(C)Cc1cn2ccccc2n1. The molecule has 3 heterocycles. The molecule has 22 heavy (non-hydrogen) atoms. The average Bonchev–Trinajstić information content (AvgIpc) is 2.99. The smallest absolute Gasteiger partial charge is 0.257 e. The largest absolute Gasteiger partial charge is 0.336 e. The number of imidazole rings is 1. The van der Waals surface area contributed by atoms with Crippen molar-refractivity contribution in [2.45, 2.75) is 20.4 Å². The van der Waals surface area contributed by atoms with Gasteiger partial charge in [0.25, 0.3) is 5.91 Å². The van der Waals surface area contributed by atoms with Crippen LogP contribution in [0.25, 0.3) is 5.65 Å². The van der Waals surface area contributed by atoms with E-state index in [-0.39, 0.29) is 5.91 Å². The van der Waals surface area contributed by atoms with Crippen LogP contribution in [0.15, 0.2) is 30.6 Å². The number of hydrogen-bond donors (Lipinski definition) is 0. The summed E-state index contributed by atoms with van der Waals surface area (Å²) in [4.78, 5) is 18.9. The second-order valence-electron chi connectivity index (χ2n) is 5.53. The topological polar surface area (TPSA) is 55.4 Å². The van der Waals surface area contributed by atoms with Crippen molar-refractivity contribution in [1.82, 2.24) is 24.1 Å². The Bertz CT molecular complexity index is 812. The zero-order valence-electron chi connectivity index (χ0n) is 13.2. The number of nitrogens with zero attached hydrogens (tertiary/aromatic N) is 5. The van der Waals surface area contributed by atoms with Crippen molar-refractivity contribution in [3.8, 4) is 0 Å². The normalized spacial score (nSPS) is 11.1. The molecule has 114 valence electrons. The summed E-state index contributed by atoms with van der Waals surface area (Å²) in [5.74, 6) is -0.0276. The van der Waals surface area contributed by atoms with Crippen LogP contribution in [-0.2, 0) is 13.6 Å². The van der Waals surface area contributed by atoms with Gasteiger partial charge in [-0.15, -0.1) is 0 Å². The van der Waals surface area contributed by atoms with Gasteiger partial charge in [-0.2, -0.15) is 5.10 Å². The number of carbonyl (C=O) groups excluding carboxylic acids is 1. The minimum absolute atomic E-state index is 0.0276. The number of aromatic nitrogens is 4. The summed E-state index contributed by atoms with van der Waals surface area (Å²) in [6, 6.07) is 5.85. The number of hydrogen-bond acceptors (Lipinski definition) is 3. The summed E-state index contributed by atoms with van der Waals surface area (Å²) < 4.78 is 3.69. The molecule has 3 aromatic heterocycles. The molecule has 3 rings (SSSR count). The highest BCUT2D eigenvalue weighted by Gasteiger charge is 2.21. The number of rotatable bonds is 3. The maximum absolute atomic E-state index is 12.7. The molecule has 0 radical (unpaired) electrons. The van der Waals surface area contributed by atoms with Gasteiger partial charge in [0, 0.05) is 32.2 Å². The molecular formula is C16H19N5O. The third kappa shape index (κ3) is 2.36. The standard InChI is InChI=1S/C16H19N5O/c1-11-15(12(2)20(4)18-11)16(22)19(3)9-13-10-21-8-6-5-7-14(21)17-13/h5-8,10H,9H2,1-4H3. The van der Waals surface area contributed by atoms with Crippen LogP contribution in [0.1, 0.15) is 27.4 Å². The molecular weight excluding hydrogens is 278 g/mol. The zero-order valence-corrected chi connectivity index (χ0v) is 13.2. The number of pyridine rings is 1. The van der Waals surface area contributed by atoms with Crippen molar-refractivity contribution in [2.24, 2.45) is 7.05 Å². The van der Waals surface area contributed by atoms with Crippen molar-refractivity contribution in [1.29, 1.82) is 0 Å². The van der Waals surface area contributed by atoms with Gasteiger partial charge in [0.15, 0.2) is 0 Å². The number of fused-ring (bicyclic) bond motifs is 1. The molecule has 0 spiro atoms. The molecule has 0 aliphatic rings. The van der Waals surface area contributed by atoms with Crippen molar-refractivity contribution in [3.63, 3.8) is 0 Å². The minimum atomic E-state index is -0.0276. The minimum Gasteiger partial charge on any atom is -0.336 e. The summed E-state index contributed by atoms with van der Waals surface area (Å²) in [5.41, 5.74) is 4.05. The van der Waals surface area contributed by atoms with E-state index in [1.807, 2.05) is 55.9 Å². The lowest BCUT2D eigenvalue weighted by Crippen LogP contribution is -2.27. The predicted molar refractivity (Wildman–Crippen MR) is 83.7 cm³/mol. The van der Waals surface area contributed by atoms with Gasteiger partial charge in [0.05, 0.1) is 23.5 Å². The fourth-order valence-corrected chi connectivity index (χ4v) is 2.65. The number of amides is 1. The average molecular weight is 297 g/mol. The summed E-state index contributed by atoms with van der Waals surface area (Å²) in [5, 5.41) is 4.31. The van der Waals surface area contributed by atoms with Gasteiger partial charge in [-0.05, 0) is 26.0 Å². The van der Waals surface area contributed by atoms with Gasteiger partial charge < -0.3 is 9.30 Å². The van der Waals surface area contributed by atoms with Crippen LogP contribution in [0, 0.1) is 13.8 Å². The van der Waals surface area contributed by atoms with E-state index in [1.165, 1.54) is 0 Å². The molecule has 0 aliphatic heterocycles. The van der Waals surface area contributed by atoms with Gasteiger partial charge in [-0.3, -0.25) is 9.48 Å². The second kappa shape index (κ2) is 5.29. The molecule has 6 heteroatoms. The van der Waals surface area contributed by atoms with Gasteiger partial charge in [0.2, 0.25) is 0 Å². The molecule has 0 saturated carbocycles. The highest BCUT2D eigenvalue weighted by molar-refractivity contribution is 5.96. The fraction of sp³-hybridized carbons (Fsp3) is 0.312. The zero-order chi connectivity index (χ0) is 15.9. The Labute approximate surface area is 129 Å². The van der Waals surface area contributed by atoms with Crippen LogP contribution in [0.3, 0.4) is 0 Å². The first-order chi connectivity index (χ1) is 10.5. The van der Waals surface area contributed by atoms with Crippen LogP contribution in [0.4, 0.5) is 0 Å². The highest BCUT2D eigenvalue weighted by atomic mass is 16.2. The fourth-order valence-electron chi connectivity index (χ4n) is 2.65. The first kappa shape index (κ1) is 14.3. The molecule has 0 bridgehead atoms. The molecule has 6 nitrogen and oxygen atoms in total. The predicted octanol–water partition coefficient (Wildman–Crippen LogP) is 1.96. The second-order valence-corrected chi connectivity index (χ2v) is 5.53. The number of carbonyl (C=O) groups is 1. The molecule has 0 unspecified atom stereocenters. The van der Waals surface area contributed by atoms with Crippen LogP contribution >= 0.6 is 0 Å². The molecule has 3 aromatic rings. The number of aryl methyl sites for hydroxylation is 2. The Balaban J connectivity index is 1.84. The lowest BCUT2D eigenvalue weighted by Gasteiger charge is -2.16. The van der Waals surface area contributed by atoms with Crippen molar-refractivity contribution < 1.29 is 4.79 Å². The highest BCUT2D eigenvalue weighted by Crippen LogP contribution is 2.15. The maximum Gasteiger partial charge on any atom is 0.257 e. The Morgan fingerprint density at radius 3 is 2.73 bits per heavy atom. The molecule has 0 N–H and O–H groups in total. The summed E-state index contributed by atoms with van der Waals surface area (Å²) >= 11 is 0. The lowest BCUT2D eigenvalue weighted by atomic mass is 10.1. The van der Waals surface area contributed by atoms with E-state index in [1.54, 1.807) is 16.6 Å². The maximum atomic E-state index is 12.7. The van der Waals surface area contributed by atoms with Gasteiger partial charge in [0.1, 0.15) is 5.65 Å². The first-order valence-electron chi connectivity index (χ1n) is 7.15. The van der Waals surface area contributed by atoms with E-state index in [4.69, 9.17) is 0 Å². The van der Waals surface area contributed by atoms with E-state index < -0.39 is 0 Å².